The van der Waals surface area contributed by atoms with E-state index in [0.717, 1.165) is 27.3 Å². The zero-order chi connectivity index (χ0) is 19.8. The summed E-state index contributed by atoms with van der Waals surface area (Å²) in [6.45, 7) is -0.174. The van der Waals surface area contributed by atoms with E-state index < -0.39 is 5.63 Å². The minimum Gasteiger partial charge on any atom is -0.484 e. The molecule has 0 fully saturated rings. The molecule has 0 aliphatic heterocycles. The van der Waals surface area contributed by atoms with E-state index in [9.17, 15) is 9.59 Å². The third-order valence-electron chi connectivity index (χ3n) is 4.62. The highest BCUT2D eigenvalue weighted by Gasteiger charge is 2.09. The van der Waals surface area contributed by atoms with Crippen LogP contribution in [-0.4, -0.2) is 12.5 Å². The van der Waals surface area contributed by atoms with Crippen LogP contribution in [0.3, 0.4) is 0 Å². The van der Waals surface area contributed by atoms with Crippen molar-refractivity contribution in [3.63, 3.8) is 0 Å². The maximum atomic E-state index is 12.3. The number of nitrogens with one attached hydrogen (secondary N) is 1. The maximum Gasteiger partial charge on any atom is 0.336 e. The van der Waals surface area contributed by atoms with Gasteiger partial charge in [-0.25, -0.2) is 4.79 Å². The molecule has 0 bridgehead atoms. The number of carbonyl (C=O) groups is 1. The van der Waals surface area contributed by atoms with Gasteiger partial charge in [0.2, 0.25) is 0 Å². The van der Waals surface area contributed by atoms with Crippen LogP contribution >= 0.6 is 0 Å². The molecule has 2 heterocycles. The molecule has 0 atom stereocenters. The number of hydrogen-bond donors (Lipinski definition) is 1. The summed E-state index contributed by atoms with van der Waals surface area (Å²) in [5.74, 6) is 0.144. The summed E-state index contributed by atoms with van der Waals surface area (Å²) in [7, 11) is 0. The molecular formula is C23H15NO5. The second-order valence-electron chi connectivity index (χ2n) is 6.60. The summed E-state index contributed by atoms with van der Waals surface area (Å²) in [6, 6.07) is 21.4. The number of fused-ring (bicyclic) bond motifs is 4. The van der Waals surface area contributed by atoms with Gasteiger partial charge in [-0.15, -0.1) is 0 Å². The van der Waals surface area contributed by atoms with Crippen molar-refractivity contribution in [1.82, 2.24) is 0 Å². The van der Waals surface area contributed by atoms with Gasteiger partial charge in [0.15, 0.2) is 6.61 Å². The quantitative estimate of drug-likeness (QED) is 0.453. The largest absolute Gasteiger partial charge is 0.484 e. The molecule has 1 N–H and O–H groups in total. The van der Waals surface area contributed by atoms with E-state index in [0.29, 0.717) is 17.0 Å². The number of para-hydroxylation sites is 1. The second kappa shape index (κ2) is 6.83. The lowest BCUT2D eigenvalue weighted by atomic mass is 10.1. The average molecular weight is 385 g/mol. The van der Waals surface area contributed by atoms with Gasteiger partial charge in [-0.1, -0.05) is 18.2 Å². The molecule has 0 unspecified atom stereocenters. The fourth-order valence-corrected chi connectivity index (χ4v) is 3.28. The lowest BCUT2D eigenvalue weighted by Crippen LogP contribution is -2.20. The van der Waals surface area contributed by atoms with E-state index in [-0.39, 0.29) is 12.5 Å². The van der Waals surface area contributed by atoms with E-state index in [1.165, 1.54) is 6.07 Å². The number of ether oxygens (including phenoxy) is 1. The number of amides is 1. The number of benzene rings is 3. The Bertz CT molecular complexity index is 1430. The van der Waals surface area contributed by atoms with Gasteiger partial charge in [0.25, 0.3) is 5.91 Å². The van der Waals surface area contributed by atoms with Gasteiger partial charge < -0.3 is 18.9 Å². The molecule has 0 saturated carbocycles. The van der Waals surface area contributed by atoms with Gasteiger partial charge >= 0.3 is 5.63 Å². The topological polar surface area (TPSA) is 81.7 Å². The highest BCUT2D eigenvalue weighted by molar-refractivity contribution is 6.07. The predicted molar refractivity (Wildman–Crippen MR) is 110 cm³/mol. The minimum absolute atomic E-state index is 0.174. The zero-order valence-corrected chi connectivity index (χ0v) is 15.2. The first-order valence-electron chi connectivity index (χ1n) is 9.04. The number of hydrogen-bond acceptors (Lipinski definition) is 5. The van der Waals surface area contributed by atoms with Crippen molar-refractivity contribution in [1.29, 1.82) is 0 Å². The van der Waals surface area contributed by atoms with Crippen LogP contribution in [0.2, 0.25) is 0 Å². The normalized spacial score (nSPS) is 11.2. The van der Waals surface area contributed by atoms with E-state index in [4.69, 9.17) is 13.6 Å². The van der Waals surface area contributed by atoms with Crippen molar-refractivity contribution in [3.05, 3.63) is 83.2 Å². The first-order chi connectivity index (χ1) is 14.2. The monoisotopic (exact) mass is 385 g/mol. The molecule has 1 amide bonds. The van der Waals surface area contributed by atoms with Gasteiger partial charge in [0, 0.05) is 34.0 Å². The van der Waals surface area contributed by atoms with E-state index in [1.807, 2.05) is 36.4 Å². The third kappa shape index (κ3) is 3.32. The van der Waals surface area contributed by atoms with E-state index in [2.05, 4.69) is 5.32 Å². The molecule has 2 aromatic heterocycles. The van der Waals surface area contributed by atoms with Crippen LogP contribution in [0.25, 0.3) is 32.9 Å². The molecule has 5 rings (SSSR count). The Kier molecular flexibility index (Phi) is 4.02. The molecule has 29 heavy (non-hydrogen) atoms. The molecule has 5 aromatic rings. The molecule has 6 nitrogen and oxygen atoms in total. The third-order valence-corrected chi connectivity index (χ3v) is 4.62. The predicted octanol–water partition coefficient (Wildman–Crippen LogP) is 4.71. The number of carbonyl (C=O) groups excluding carboxylic acids is 1. The Balaban J connectivity index is 1.31. The number of rotatable bonds is 4. The Morgan fingerprint density at radius 1 is 0.828 bits per heavy atom. The summed E-state index contributed by atoms with van der Waals surface area (Å²) in [4.78, 5) is 23.6. The molecule has 0 spiro atoms. The lowest BCUT2D eigenvalue weighted by Gasteiger charge is -2.08. The van der Waals surface area contributed by atoms with Crippen LogP contribution in [0.5, 0.6) is 5.75 Å². The van der Waals surface area contributed by atoms with Crippen LogP contribution in [0, 0.1) is 0 Å². The summed E-state index contributed by atoms with van der Waals surface area (Å²) < 4.78 is 16.5. The van der Waals surface area contributed by atoms with Crippen LogP contribution in [0.4, 0.5) is 5.69 Å². The van der Waals surface area contributed by atoms with Crippen molar-refractivity contribution >= 4 is 44.5 Å². The average Bonchev–Trinajstić information content (AvgIpc) is 3.10. The van der Waals surface area contributed by atoms with Crippen molar-refractivity contribution in [2.45, 2.75) is 0 Å². The Morgan fingerprint density at radius 3 is 2.59 bits per heavy atom. The molecule has 142 valence electrons. The van der Waals surface area contributed by atoms with Gasteiger partial charge in [0.05, 0.1) is 0 Å². The summed E-state index contributed by atoms with van der Waals surface area (Å²) in [6.07, 6.45) is 0. The van der Waals surface area contributed by atoms with Crippen molar-refractivity contribution in [2.75, 3.05) is 11.9 Å². The van der Waals surface area contributed by atoms with Crippen LogP contribution in [-0.2, 0) is 4.79 Å². The Morgan fingerprint density at radius 2 is 1.66 bits per heavy atom. The SMILES string of the molecule is O=C(COc1ccc2ccc(=O)oc2c1)Nc1ccc2oc3ccccc3c2c1. The number of anilines is 1. The highest BCUT2D eigenvalue weighted by Crippen LogP contribution is 2.30. The van der Waals surface area contributed by atoms with E-state index in [1.54, 1.807) is 30.3 Å². The summed E-state index contributed by atoms with van der Waals surface area (Å²) >= 11 is 0. The van der Waals surface area contributed by atoms with Gasteiger partial charge in [-0.2, -0.15) is 0 Å². The molecule has 0 radical (unpaired) electrons. The van der Waals surface area contributed by atoms with E-state index >= 15 is 0 Å². The van der Waals surface area contributed by atoms with Gasteiger partial charge in [-0.3, -0.25) is 4.79 Å². The minimum atomic E-state index is -0.436. The zero-order valence-electron chi connectivity index (χ0n) is 15.2. The smallest absolute Gasteiger partial charge is 0.336 e. The Labute approximate surface area is 164 Å². The van der Waals surface area contributed by atoms with Crippen molar-refractivity contribution in [3.8, 4) is 5.75 Å². The standard InChI is InChI=1S/C23H15NO5/c25-22(13-27-16-8-5-14-6-10-23(26)29-21(14)12-16)24-15-7-9-20-18(11-15)17-3-1-2-4-19(17)28-20/h1-12H,13H2,(H,24,25). The molecule has 0 saturated heterocycles. The first-order valence-corrected chi connectivity index (χ1v) is 9.04. The molecule has 0 aliphatic rings. The maximum absolute atomic E-state index is 12.3. The number of furan rings is 1. The Hall–Kier alpha value is -4.06. The fraction of sp³-hybridized carbons (Fsp3) is 0.0435. The molecule has 0 aliphatic carbocycles. The van der Waals surface area contributed by atoms with Crippen LogP contribution in [0.1, 0.15) is 0 Å². The molecule has 6 heteroatoms. The summed E-state index contributed by atoms with van der Waals surface area (Å²) in [5, 5.41) is 5.53. The lowest BCUT2D eigenvalue weighted by molar-refractivity contribution is -0.118. The van der Waals surface area contributed by atoms with Crippen LogP contribution < -0.4 is 15.7 Å². The first kappa shape index (κ1) is 17.1. The fourth-order valence-electron chi connectivity index (χ4n) is 3.28. The van der Waals surface area contributed by atoms with Crippen molar-refractivity contribution < 1.29 is 18.4 Å². The second-order valence-corrected chi connectivity index (χ2v) is 6.60. The van der Waals surface area contributed by atoms with Crippen LogP contribution in [0.15, 0.2) is 86.4 Å². The molecule has 3 aromatic carbocycles. The highest BCUT2D eigenvalue weighted by atomic mass is 16.5. The van der Waals surface area contributed by atoms with Gasteiger partial charge in [-0.05, 0) is 42.5 Å². The van der Waals surface area contributed by atoms with Gasteiger partial charge in [0.1, 0.15) is 22.5 Å². The molecular weight excluding hydrogens is 370 g/mol. The summed E-state index contributed by atoms with van der Waals surface area (Å²) in [5.41, 5.74) is 2.19. The van der Waals surface area contributed by atoms with Crippen molar-refractivity contribution in [2.24, 2.45) is 0 Å².